The van der Waals surface area contributed by atoms with Crippen molar-refractivity contribution in [2.24, 2.45) is 0 Å². The van der Waals surface area contributed by atoms with Gasteiger partial charge in [0.05, 0.1) is 19.8 Å². The number of nitrogens with zero attached hydrogens (tertiary/aromatic N) is 2. The number of rotatable bonds is 6. The number of hydrogen-bond donors (Lipinski definition) is 0. The zero-order valence-corrected chi connectivity index (χ0v) is 13.1. The largest absolute Gasteiger partial charge is 0.497 e. The first kappa shape index (κ1) is 16.2. The molecule has 1 aliphatic heterocycles. The molecule has 0 amide bonds. The van der Waals surface area contributed by atoms with Gasteiger partial charge in [-0.15, -0.1) is 0 Å². The van der Waals surface area contributed by atoms with Crippen LogP contribution in [0.4, 0.5) is 4.39 Å². The Morgan fingerprint density at radius 1 is 1.43 bits per heavy atom. The van der Waals surface area contributed by atoms with Gasteiger partial charge < -0.3 is 14.4 Å². The Balaban J connectivity index is 1.90. The van der Waals surface area contributed by atoms with Crippen molar-refractivity contribution in [1.29, 1.82) is 0 Å². The van der Waals surface area contributed by atoms with Gasteiger partial charge in [0, 0.05) is 37.8 Å². The van der Waals surface area contributed by atoms with Gasteiger partial charge in [-0.1, -0.05) is 6.07 Å². The third-order valence-electron chi connectivity index (χ3n) is 3.78. The number of ether oxygens (including phenoxy) is 2. The second-order valence-electron chi connectivity index (χ2n) is 5.78. The highest BCUT2D eigenvalue weighted by Gasteiger charge is 2.21. The summed E-state index contributed by atoms with van der Waals surface area (Å²) in [5.41, 5.74) is 0.712. The minimum atomic E-state index is -0.203. The summed E-state index contributed by atoms with van der Waals surface area (Å²) in [6.07, 6.45) is 1.25. The lowest BCUT2D eigenvalue weighted by Crippen LogP contribution is -2.43. The van der Waals surface area contributed by atoms with Crippen LogP contribution >= 0.6 is 0 Å². The molecule has 1 unspecified atom stereocenters. The predicted octanol–water partition coefficient (Wildman–Crippen LogP) is 1.99. The molecule has 4 nitrogen and oxygen atoms in total. The van der Waals surface area contributed by atoms with Crippen molar-refractivity contribution in [2.45, 2.75) is 19.1 Å². The third kappa shape index (κ3) is 4.95. The Bertz CT molecular complexity index is 454. The van der Waals surface area contributed by atoms with Crippen LogP contribution in [0.3, 0.4) is 0 Å². The third-order valence-corrected chi connectivity index (χ3v) is 3.78. The molecule has 0 aromatic heterocycles. The number of benzene rings is 1. The topological polar surface area (TPSA) is 24.9 Å². The molecule has 5 heteroatoms. The van der Waals surface area contributed by atoms with Crippen molar-refractivity contribution in [3.8, 4) is 5.75 Å². The molecule has 2 rings (SSSR count). The van der Waals surface area contributed by atoms with E-state index >= 15 is 0 Å². The first-order valence-electron chi connectivity index (χ1n) is 7.39. The van der Waals surface area contributed by atoms with Gasteiger partial charge in [0.25, 0.3) is 0 Å². The molecule has 1 heterocycles. The molecule has 1 aromatic rings. The molecule has 0 bridgehead atoms. The molecule has 0 spiro atoms. The highest BCUT2D eigenvalue weighted by molar-refractivity contribution is 5.28. The SMILES string of the molecule is COc1ccc(CN2CCOC(CCN(C)C)C2)c(F)c1. The van der Waals surface area contributed by atoms with Crippen molar-refractivity contribution in [1.82, 2.24) is 9.80 Å². The number of hydrogen-bond acceptors (Lipinski definition) is 4. The quantitative estimate of drug-likeness (QED) is 0.801. The summed E-state index contributed by atoms with van der Waals surface area (Å²) >= 11 is 0. The first-order valence-corrected chi connectivity index (χ1v) is 7.39. The Morgan fingerprint density at radius 3 is 2.90 bits per heavy atom. The maximum atomic E-state index is 14.0. The molecule has 21 heavy (non-hydrogen) atoms. The molecule has 1 saturated heterocycles. The number of morpholine rings is 1. The van der Waals surface area contributed by atoms with Crippen molar-refractivity contribution < 1.29 is 13.9 Å². The fourth-order valence-corrected chi connectivity index (χ4v) is 2.53. The molecule has 0 radical (unpaired) electrons. The van der Waals surface area contributed by atoms with Crippen LogP contribution in [0.15, 0.2) is 18.2 Å². The van der Waals surface area contributed by atoms with Gasteiger partial charge in [-0.25, -0.2) is 4.39 Å². The van der Waals surface area contributed by atoms with E-state index in [1.807, 2.05) is 6.07 Å². The van der Waals surface area contributed by atoms with Gasteiger partial charge >= 0.3 is 0 Å². The van der Waals surface area contributed by atoms with Gasteiger partial charge in [0.1, 0.15) is 11.6 Å². The minimum absolute atomic E-state index is 0.203. The Hall–Kier alpha value is -1.17. The first-order chi connectivity index (χ1) is 10.1. The van der Waals surface area contributed by atoms with E-state index in [1.165, 1.54) is 6.07 Å². The Labute approximate surface area is 126 Å². The second kappa shape index (κ2) is 7.73. The zero-order chi connectivity index (χ0) is 15.2. The van der Waals surface area contributed by atoms with Gasteiger partial charge in [-0.3, -0.25) is 4.90 Å². The summed E-state index contributed by atoms with van der Waals surface area (Å²) in [6.45, 7) is 4.06. The maximum Gasteiger partial charge on any atom is 0.131 e. The van der Waals surface area contributed by atoms with Crippen molar-refractivity contribution >= 4 is 0 Å². The van der Waals surface area contributed by atoms with Crippen LogP contribution in [-0.2, 0) is 11.3 Å². The fourth-order valence-electron chi connectivity index (χ4n) is 2.53. The molecular formula is C16H25FN2O2. The standard InChI is InChI=1S/C16H25FN2O2/c1-18(2)7-6-15-12-19(8-9-21-15)11-13-4-5-14(20-3)10-16(13)17/h4-5,10,15H,6-9,11-12H2,1-3H3. The molecule has 1 fully saturated rings. The molecular weight excluding hydrogens is 271 g/mol. The Morgan fingerprint density at radius 2 is 2.24 bits per heavy atom. The lowest BCUT2D eigenvalue weighted by Gasteiger charge is -2.33. The van der Waals surface area contributed by atoms with E-state index in [2.05, 4.69) is 23.9 Å². The smallest absolute Gasteiger partial charge is 0.131 e. The van der Waals surface area contributed by atoms with E-state index in [4.69, 9.17) is 9.47 Å². The van der Waals surface area contributed by atoms with Crippen molar-refractivity contribution in [3.63, 3.8) is 0 Å². The van der Waals surface area contributed by atoms with Crippen LogP contribution in [0.1, 0.15) is 12.0 Å². The summed E-state index contributed by atoms with van der Waals surface area (Å²) < 4.78 is 24.8. The van der Waals surface area contributed by atoms with Crippen LogP contribution in [-0.4, -0.2) is 63.4 Å². The van der Waals surface area contributed by atoms with Gasteiger partial charge in [-0.05, 0) is 26.6 Å². The van der Waals surface area contributed by atoms with Crippen LogP contribution in [0.2, 0.25) is 0 Å². The lowest BCUT2D eigenvalue weighted by atomic mass is 10.1. The molecule has 1 atom stereocenters. The van der Waals surface area contributed by atoms with E-state index in [0.29, 0.717) is 17.9 Å². The monoisotopic (exact) mass is 296 g/mol. The highest BCUT2D eigenvalue weighted by atomic mass is 19.1. The summed E-state index contributed by atoms with van der Waals surface area (Å²) in [4.78, 5) is 4.42. The van der Waals surface area contributed by atoms with Gasteiger partial charge in [-0.2, -0.15) is 0 Å². The summed E-state index contributed by atoms with van der Waals surface area (Å²) in [6, 6.07) is 5.06. The zero-order valence-electron chi connectivity index (χ0n) is 13.1. The number of halogens is 1. The predicted molar refractivity (Wildman–Crippen MR) is 81.1 cm³/mol. The number of methoxy groups -OCH3 is 1. The summed E-state index contributed by atoms with van der Waals surface area (Å²) in [5.74, 6) is 0.354. The van der Waals surface area contributed by atoms with E-state index < -0.39 is 0 Å². The maximum absolute atomic E-state index is 14.0. The van der Waals surface area contributed by atoms with Gasteiger partial charge in [0.15, 0.2) is 0 Å². The molecule has 0 saturated carbocycles. The van der Waals surface area contributed by atoms with E-state index in [1.54, 1.807) is 13.2 Å². The average Bonchev–Trinajstić information content (AvgIpc) is 2.47. The second-order valence-corrected chi connectivity index (χ2v) is 5.78. The molecule has 118 valence electrons. The van der Waals surface area contributed by atoms with Crippen molar-refractivity contribution in [2.75, 3.05) is 47.4 Å². The molecule has 1 aromatic carbocycles. The Kier molecular flexibility index (Phi) is 5.96. The minimum Gasteiger partial charge on any atom is -0.497 e. The van der Waals surface area contributed by atoms with Crippen LogP contribution in [0.25, 0.3) is 0 Å². The van der Waals surface area contributed by atoms with E-state index in [9.17, 15) is 4.39 Å². The summed E-state index contributed by atoms with van der Waals surface area (Å²) in [7, 11) is 5.67. The van der Waals surface area contributed by atoms with Crippen LogP contribution in [0.5, 0.6) is 5.75 Å². The van der Waals surface area contributed by atoms with Gasteiger partial charge in [0.2, 0.25) is 0 Å². The highest BCUT2D eigenvalue weighted by Crippen LogP contribution is 2.19. The van der Waals surface area contributed by atoms with Crippen molar-refractivity contribution in [3.05, 3.63) is 29.6 Å². The van der Waals surface area contributed by atoms with E-state index in [0.717, 1.165) is 32.7 Å². The summed E-state index contributed by atoms with van der Waals surface area (Å²) in [5, 5.41) is 0. The van der Waals surface area contributed by atoms with Crippen LogP contribution in [0, 0.1) is 5.82 Å². The molecule has 0 aliphatic carbocycles. The van der Waals surface area contributed by atoms with Crippen LogP contribution < -0.4 is 4.74 Å². The lowest BCUT2D eigenvalue weighted by molar-refractivity contribution is -0.0372. The fraction of sp³-hybridized carbons (Fsp3) is 0.625. The molecule has 0 N–H and O–H groups in total. The molecule has 1 aliphatic rings. The average molecular weight is 296 g/mol. The van der Waals surface area contributed by atoms with E-state index in [-0.39, 0.29) is 11.9 Å². The normalized spacial score (nSPS) is 20.0.